The fourth-order valence-corrected chi connectivity index (χ4v) is 2.39. The van der Waals surface area contributed by atoms with Crippen LogP contribution >= 0.6 is 7.55 Å². The molecule has 0 N–H and O–H groups in total. The summed E-state index contributed by atoms with van der Waals surface area (Å²) in [5.41, 5.74) is 0. The zero-order valence-corrected chi connectivity index (χ0v) is 15.4. The Morgan fingerprint density at radius 1 is 0.864 bits per heavy atom. The molecule has 0 saturated heterocycles. The highest BCUT2D eigenvalue weighted by Crippen LogP contribution is 2.24. The molecule has 0 aromatic carbocycles. The van der Waals surface area contributed by atoms with Crippen LogP contribution in [0.1, 0.15) is 59.3 Å². The summed E-state index contributed by atoms with van der Waals surface area (Å²) in [6, 6.07) is 9.27. The highest BCUT2D eigenvalue weighted by Gasteiger charge is 2.05. The molecule has 0 aliphatic carbocycles. The third-order valence-corrected chi connectivity index (χ3v) is 4.27. The minimum Gasteiger partial charge on any atom is -0.113 e. The molecule has 0 spiro atoms. The summed E-state index contributed by atoms with van der Waals surface area (Å²) in [6.07, 6.45) is 9.74. The lowest BCUT2D eigenvalue weighted by Gasteiger charge is -1.84. The van der Waals surface area contributed by atoms with Gasteiger partial charge in [-0.25, -0.2) is 0 Å². The molecule has 22 heavy (non-hydrogen) atoms. The molecule has 0 amide bonds. The molecule has 1 atom stereocenters. The van der Waals surface area contributed by atoms with Crippen LogP contribution in [0.2, 0.25) is 0 Å². The summed E-state index contributed by atoms with van der Waals surface area (Å²) in [5, 5.41) is 0. The number of unbranched alkanes of at least 4 members (excludes halogenated alkanes) is 3. The number of rotatable bonds is 8. The van der Waals surface area contributed by atoms with Gasteiger partial charge in [-0.05, 0) is 25.4 Å². The summed E-state index contributed by atoms with van der Waals surface area (Å²) < 4.78 is 0. The molecule has 3 nitrogen and oxygen atoms in total. The average Bonchev–Trinajstić information content (AvgIpc) is 2.53. The van der Waals surface area contributed by atoms with E-state index >= 15 is 0 Å². The highest BCUT2D eigenvalue weighted by molar-refractivity contribution is 7.60. The van der Waals surface area contributed by atoms with Crippen molar-refractivity contribution >= 4 is 13.3 Å². The maximum Gasteiger partial charge on any atom is 0.346 e. The van der Waals surface area contributed by atoms with Gasteiger partial charge in [0.05, 0.1) is 0 Å². The van der Waals surface area contributed by atoms with Gasteiger partial charge >= 0.3 is 12.1 Å². The van der Waals surface area contributed by atoms with Crippen molar-refractivity contribution in [1.29, 1.82) is 0 Å². The molecule has 0 bridgehead atoms. The van der Waals surface area contributed by atoms with Gasteiger partial charge in [-0.15, -0.1) is 4.85 Å². The highest BCUT2D eigenvalue weighted by atomic mass is 31.1. The van der Waals surface area contributed by atoms with Crippen LogP contribution < -0.4 is 0 Å². The first-order valence-electron chi connectivity index (χ1n) is 8.50. The van der Waals surface area contributed by atoms with Crippen LogP contribution in [0.4, 0.5) is 0 Å². The van der Waals surface area contributed by atoms with E-state index in [4.69, 9.17) is 0 Å². The molecular formula is C18H31N3P+3. The minimum atomic E-state index is -0.488. The number of hydrogen-bond donors (Lipinski definition) is 0. The third kappa shape index (κ3) is 14.9. The van der Waals surface area contributed by atoms with E-state index in [-0.39, 0.29) is 0 Å². The Hall–Kier alpha value is -1.49. The van der Waals surface area contributed by atoms with Gasteiger partial charge in [0.1, 0.15) is 0 Å². The summed E-state index contributed by atoms with van der Waals surface area (Å²) in [6.45, 7) is 9.11. The van der Waals surface area contributed by atoms with E-state index in [0.717, 1.165) is 45.1 Å². The van der Waals surface area contributed by atoms with Crippen LogP contribution in [0.3, 0.4) is 0 Å². The summed E-state index contributed by atoms with van der Waals surface area (Å²) in [5.74, 6) is 2.04. The van der Waals surface area contributed by atoms with Gasteiger partial charge in [0, 0.05) is 26.8 Å². The van der Waals surface area contributed by atoms with Crippen LogP contribution in [0.25, 0.3) is 14.5 Å². The Balaban J connectivity index is 4.44. The lowest BCUT2D eigenvalue weighted by atomic mass is 10.3. The predicted molar refractivity (Wildman–Crippen MR) is 103 cm³/mol. The molecule has 1 unspecified atom stereocenters. The van der Waals surface area contributed by atoms with Crippen molar-refractivity contribution in [2.75, 3.05) is 25.8 Å². The monoisotopic (exact) mass is 320 g/mol. The van der Waals surface area contributed by atoms with E-state index < -0.39 is 7.55 Å². The largest absolute Gasteiger partial charge is 0.346 e. The zero-order chi connectivity index (χ0) is 16.3. The Morgan fingerprint density at radius 3 is 2.09 bits per heavy atom. The Morgan fingerprint density at radius 2 is 1.45 bits per heavy atom. The second kappa shape index (κ2) is 17.6. The smallest absolute Gasteiger partial charge is 0.113 e. The van der Waals surface area contributed by atoms with Gasteiger partial charge in [-0.3, -0.25) is 0 Å². The summed E-state index contributed by atoms with van der Waals surface area (Å²) >= 11 is 0. The van der Waals surface area contributed by atoms with Crippen LogP contribution in [0.5, 0.6) is 0 Å². The van der Waals surface area contributed by atoms with E-state index in [0.29, 0.717) is 0 Å². The van der Waals surface area contributed by atoms with E-state index in [1.807, 2.05) is 12.0 Å². The van der Waals surface area contributed by atoms with Gasteiger partial charge in [-0.1, -0.05) is 30.5 Å². The lowest BCUT2D eigenvalue weighted by Crippen LogP contribution is -1.79. The molecule has 0 radical (unpaired) electrons. The molecule has 0 aromatic heterocycles. The normalized spacial score (nSPS) is 9.68. The van der Waals surface area contributed by atoms with Crippen LogP contribution in [-0.4, -0.2) is 31.6 Å². The molecule has 0 heterocycles. The van der Waals surface area contributed by atoms with Gasteiger partial charge in [-0.2, -0.15) is 0 Å². The molecule has 0 rings (SSSR count). The minimum absolute atomic E-state index is 0.488. The van der Waals surface area contributed by atoms with Gasteiger partial charge < -0.3 is 0 Å². The lowest BCUT2D eigenvalue weighted by molar-refractivity contribution is 0.859. The van der Waals surface area contributed by atoms with E-state index in [1.165, 1.54) is 19.3 Å². The standard InChI is InChI=1S/C18H31N3P/c1-4-7-10-19-13-16-22(17-14-20-11-8-5-2)18-15-21-12-9-6-3/h16-17H,4-12,18H2,1-3H3/q+3. The number of nitrogens with zero attached hydrogens (tertiary/aromatic N) is 3. The van der Waals surface area contributed by atoms with Crippen LogP contribution in [0.15, 0.2) is 0 Å². The summed E-state index contributed by atoms with van der Waals surface area (Å²) in [7, 11) is -0.488. The fourth-order valence-electron chi connectivity index (χ4n) is 1.41. The molecular weight excluding hydrogens is 289 g/mol. The van der Waals surface area contributed by atoms with Crippen molar-refractivity contribution in [2.45, 2.75) is 59.3 Å². The first-order chi connectivity index (χ1) is 10.8. The quantitative estimate of drug-likeness (QED) is 0.303. The fraction of sp³-hybridized carbons (Fsp3) is 0.722. The van der Waals surface area contributed by atoms with E-state index in [2.05, 4.69) is 53.5 Å². The first kappa shape index (κ1) is 20.5. The van der Waals surface area contributed by atoms with Crippen molar-refractivity contribution in [3.8, 4) is 18.2 Å². The topological polar surface area (TPSA) is 13.1 Å². The predicted octanol–water partition coefficient (Wildman–Crippen LogP) is 5.83. The second-order valence-electron chi connectivity index (χ2n) is 5.05. The van der Waals surface area contributed by atoms with Crippen molar-refractivity contribution in [1.82, 2.24) is 0 Å². The molecule has 120 valence electrons. The Bertz CT molecular complexity index is 448. The number of hydrogen-bond acceptors (Lipinski definition) is 0. The maximum atomic E-state index is 4.33. The van der Waals surface area contributed by atoms with Gasteiger partial charge in [0.15, 0.2) is 6.07 Å². The molecule has 0 saturated carbocycles. The second-order valence-corrected chi connectivity index (χ2v) is 6.91. The van der Waals surface area contributed by atoms with E-state index in [9.17, 15) is 0 Å². The molecule has 0 aliphatic heterocycles. The zero-order valence-electron chi connectivity index (χ0n) is 14.5. The van der Waals surface area contributed by atoms with Crippen molar-refractivity contribution < 1.29 is 0 Å². The van der Waals surface area contributed by atoms with Crippen molar-refractivity contribution in [2.24, 2.45) is 0 Å². The molecule has 0 fully saturated rings. The van der Waals surface area contributed by atoms with Crippen molar-refractivity contribution in [3.63, 3.8) is 0 Å². The van der Waals surface area contributed by atoms with Crippen LogP contribution in [0, 0.1) is 24.4 Å². The summed E-state index contributed by atoms with van der Waals surface area (Å²) in [4.78, 5) is 12.9. The SMILES string of the molecule is CCCC[N+]#C/C=[P+](/[CH-]C#[N+]CCCC)CC#[N+]CCCC. The Labute approximate surface area is 138 Å². The maximum absolute atomic E-state index is 4.33. The van der Waals surface area contributed by atoms with Gasteiger partial charge in [0.2, 0.25) is 12.0 Å². The van der Waals surface area contributed by atoms with Gasteiger partial charge in [0.25, 0.3) is 19.6 Å². The van der Waals surface area contributed by atoms with Crippen LogP contribution in [-0.2, 0) is 0 Å². The first-order valence-corrected chi connectivity index (χ1v) is 10.2. The van der Waals surface area contributed by atoms with Crippen molar-refractivity contribution in [3.05, 3.63) is 20.7 Å². The molecule has 4 heteroatoms. The average molecular weight is 320 g/mol. The third-order valence-electron chi connectivity index (χ3n) is 2.87. The molecule has 0 aromatic rings. The van der Waals surface area contributed by atoms with E-state index in [1.54, 1.807) is 0 Å². The molecule has 0 aliphatic rings. The Kier molecular flexibility index (Phi) is 16.4.